The Kier molecular flexibility index (Phi) is 3.62. The Hall–Kier alpha value is -1.16. The van der Waals surface area contributed by atoms with Crippen LogP contribution in [0.1, 0.15) is 23.8 Å². The molecule has 1 amide bonds. The third-order valence-corrected chi connectivity index (χ3v) is 3.29. The normalized spacial score (nSPS) is 17.2. The Morgan fingerprint density at radius 1 is 1.24 bits per heavy atom. The molecule has 0 aliphatic carbocycles. The lowest BCUT2D eigenvalue weighted by Crippen LogP contribution is -2.31. The molecule has 0 radical (unpaired) electrons. The van der Waals surface area contributed by atoms with Gasteiger partial charge in [-0.3, -0.25) is 4.79 Å². The zero-order valence-corrected chi connectivity index (χ0v) is 9.88. The van der Waals surface area contributed by atoms with Gasteiger partial charge in [0.25, 0.3) is 0 Å². The molecule has 0 aromatic heterocycles. The summed E-state index contributed by atoms with van der Waals surface area (Å²) in [5, 5.41) is -1.28. The van der Waals surface area contributed by atoms with Crippen molar-refractivity contribution in [2.75, 3.05) is 13.1 Å². The van der Waals surface area contributed by atoms with Gasteiger partial charge < -0.3 is 4.90 Å². The van der Waals surface area contributed by atoms with E-state index in [1.54, 1.807) is 4.90 Å². The lowest BCUT2D eigenvalue weighted by atomic mass is 10.1. The number of benzene rings is 1. The van der Waals surface area contributed by atoms with Crippen LogP contribution in [-0.4, -0.2) is 23.9 Å². The molecule has 5 heteroatoms. The zero-order valence-electron chi connectivity index (χ0n) is 9.13. The third-order valence-electron chi connectivity index (χ3n) is 2.89. The number of rotatable bonds is 2. The van der Waals surface area contributed by atoms with E-state index in [1.807, 2.05) is 0 Å². The highest BCUT2D eigenvalue weighted by Crippen LogP contribution is 2.29. The number of hydrogen-bond donors (Lipinski definition) is 0. The lowest BCUT2D eigenvalue weighted by Gasteiger charge is -2.19. The minimum absolute atomic E-state index is 0.355. The van der Waals surface area contributed by atoms with E-state index in [9.17, 15) is 13.6 Å². The summed E-state index contributed by atoms with van der Waals surface area (Å²) in [6.45, 7) is 1.22. The van der Waals surface area contributed by atoms with Gasteiger partial charge >= 0.3 is 0 Å². The maximum atomic E-state index is 13.5. The number of carbonyl (C=O) groups excluding carboxylic acids is 1. The largest absolute Gasteiger partial charge is 0.341 e. The van der Waals surface area contributed by atoms with E-state index in [4.69, 9.17) is 11.6 Å². The number of carbonyl (C=O) groups is 1. The second kappa shape index (κ2) is 5.00. The van der Waals surface area contributed by atoms with Crippen molar-refractivity contribution in [1.29, 1.82) is 0 Å². The SMILES string of the molecule is O=C(C(Cl)c1c(F)cccc1F)N1CCCC1. The van der Waals surface area contributed by atoms with Gasteiger partial charge in [-0.25, -0.2) is 8.78 Å². The summed E-state index contributed by atoms with van der Waals surface area (Å²) in [5.74, 6) is -1.98. The molecule has 1 saturated heterocycles. The highest BCUT2D eigenvalue weighted by Gasteiger charge is 2.29. The standard InChI is InChI=1S/C12H12ClF2NO/c13-11(12(17)16-6-1-2-7-16)10-8(14)4-3-5-9(10)15/h3-5,11H,1-2,6-7H2. The summed E-state index contributed by atoms with van der Waals surface area (Å²) in [6, 6.07) is 3.45. The number of alkyl halides is 1. The molecular formula is C12H12ClF2NO. The van der Waals surface area contributed by atoms with Gasteiger partial charge in [0.15, 0.2) is 0 Å². The van der Waals surface area contributed by atoms with E-state index in [-0.39, 0.29) is 5.56 Å². The summed E-state index contributed by atoms with van der Waals surface area (Å²) in [6.07, 6.45) is 1.82. The highest BCUT2D eigenvalue weighted by atomic mass is 35.5. The molecule has 1 aliphatic rings. The van der Waals surface area contributed by atoms with Crippen LogP contribution in [0.5, 0.6) is 0 Å². The molecule has 2 nitrogen and oxygen atoms in total. The Bertz CT molecular complexity index is 412. The van der Waals surface area contributed by atoms with Crippen molar-refractivity contribution >= 4 is 17.5 Å². The molecule has 1 fully saturated rings. The summed E-state index contributed by atoms with van der Waals surface area (Å²) >= 11 is 5.88. The van der Waals surface area contributed by atoms with Crippen LogP contribution < -0.4 is 0 Å². The number of amides is 1. The minimum Gasteiger partial charge on any atom is -0.341 e. The summed E-state index contributed by atoms with van der Waals surface area (Å²) in [5.41, 5.74) is -0.355. The predicted molar refractivity (Wildman–Crippen MR) is 60.8 cm³/mol. The van der Waals surface area contributed by atoms with Gasteiger partial charge in [0.2, 0.25) is 5.91 Å². The Morgan fingerprint density at radius 3 is 2.29 bits per heavy atom. The molecule has 1 aliphatic heterocycles. The van der Waals surface area contributed by atoms with Crippen LogP contribution in [0.2, 0.25) is 0 Å². The molecule has 1 aromatic carbocycles. The van der Waals surface area contributed by atoms with Crippen molar-refractivity contribution in [2.45, 2.75) is 18.2 Å². The van der Waals surface area contributed by atoms with Crippen LogP contribution in [0.4, 0.5) is 8.78 Å². The van der Waals surface area contributed by atoms with Crippen molar-refractivity contribution in [3.63, 3.8) is 0 Å². The number of halogens is 3. The van der Waals surface area contributed by atoms with Crippen molar-refractivity contribution < 1.29 is 13.6 Å². The van der Waals surface area contributed by atoms with Gasteiger partial charge in [-0.2, -0.15) is 0 Å². The monoisotopic (exact) mass is 259 g/mol. The predicted octanol–water partition coefficient (Wildman–Crippen LogP) is 2.87. The second-order valence-corrected chi connectivity index (χ2v) is 4.47. The van der Waals surface area contributed by atoms with E-state index in [2.05, 4.69) is 0 Å². The van der Waals surface area contributed by atoms with Gasteiger partial charge in [0.05, 0.1) is 5.56 Å². The molecule has 1 aromatic rings. The van der Waals surface area contributed by atoms with E-state index >= 15 is 0 Å². The lowest BCUT2D eigenvalue weighted by molar-refractivity contribution is -0.129. The number of likely N-dealkylation sites (tertiary alicyclic amines) is 1. The second-order valence-electron chi connectivity index (χ2n) is 4.03. The highest BCUT2D eigenvalue weighted by molar-refractivity contribution is 6.30. The van der Waals surface area contributed by atoms with Crippen LogP contribution in [0.15, 0.2) is 18.2 Å². The Morgan fingerprint density at radius 2 is 1.76 bits per heavy atom. The number of nitrogens with zero attached hydrogens (tertiary/aromatic N) is 1. The smallest absolute Gasteiger partial charge is 0.245 e. The van der Waals surface area contributed by atoms with Crippen molar-refractivity contribution in [2.24, 2.45) is 0 Å². The van der Waals surface area contributed by atoms with Gasteiger partial charge in [-0.05, 0) is 25.0 Å². The fourth-order valence-corrected chi connectivity index (χ4v) is 2.32. The van der Waals surface area contributed by atoms with E-state index in [0.29, 0.717) is 13.1 Å². The van der Waals surface area contributed by atoms with Gasteiger partial charge in [-0.15, -0.1) is 11.6 Å². The molecule has 0 bridgehead atoms. The summed E-state index contributed by atoms with van der Waals surface area (Å²) < 4.78 is 26.9. The molecule has 1 heterocycles. The average molecular weight is 260 g/mol. The van der Waals surface area contributed by atoms with E-state index in [0.717, 1.165) is 25.0 Å². The first-order chi connectivity index (χ1) is 8.11. The first-order valence-corrected chi connectivity index (χ1v) is 5.91. The van der Waals surface area contributed by atoms with Crippen LogP contribution >= 0.6 is 11.6 Å². The van der Waals surface area contributed by atoms with Crippen molar-refractivity contribution in [3.8, 4) is 0 Å². The fraction of sp³-hybridized carbons (Fsp3) is 0.417. The van der Waals surface area contributed by atoms with Crippen molar-refractivity contribution in [1.82, 2.24) is 4.90 Å². The van der Waals surface area contributed by atoms with E-state index < -0.39 is 22.9 Å². The molecule has 1 atom stereocenters. The molecule has 0 spiro atoms. The molecule has 17 heavy (non-hydrogen) atoms. The molecule has 2 rings (SSSR count). The maximum absolute atomic E-state index is 13.5. The van der Waals surface area contributed by atoms with Gasteiger partial charge in [-0.1, -0.05) is 6.07 Å². The van der Waals surface area contributed by atoms with Crippen LogP contribution in [0.25, 0.3) is 0 Å². The van der Waals surface area contributed by atoms with Crippen LogP contribution in [-0.2, 0) is 4.79 Å². The first kappa shape index (κ1) is 12.3. The van der Waals surface area contributed by atoms with Crippen LogP contribution in [0.3, 0.4) is 0 Å². The molecule has 1 unspecified atom stereocenters. The molecule has 0 N–H and O–H groups in total. The summed E-state index contributed by atoms with van der Waals surface area (Å²) in [7, 11) is 0. The maximum Gasteiger partial charge on any atom is 0.245 e. The number of hydrogen-bond acceptors (Lipinski definition) is 1. The Balaban J connectivity index is 2.24. The quantitative estimate of drug-likeness (QED) is 0.748. The minimum atomic E-state index is -1.28. The molecule has 0 saturated carbocycles. The van der Waals surface area contributed by atoms with Gasteiger partial charge in [0, 0.05) is 13.1 Å². The van der Waals surface area contributed by atoms with Crippen LogP contribution in [0, 0.1) is 11.6 Å². The molecular weight excluding hydrogens is 248 g/mol. The van der Waals surface area contributed by atoms with Gasteiger partial charge in [0.1, 0.15) is 17.0 Å². The van der Waals surface area contributed by atoms with E-state index in [1.165, 1.54) is 6.07 Å². The average Bonchev–Trinajstić information content (AvgIpc) is 2.81. The van der Waals surface area contributed by atoms with Crippen molar-refractivity contribution in [3.05, 3.63) is 35.4 Å². The molecule has 92 valence electrons. The fourth-order valence-electron chi connectivity index (χ4n) is 1.97. The Labute approximate surface area is 103 Å². The topological polar surface area (TPSA) is 20.3 Å². The first-order valence-electron chi connectivity index (χ1n) is 5.48. The summed E-state index contributed by atoms with van der Waals surface area (Å²) in [4.78, 5) is 13.5. The zero-order chi connectivity index (χ0) is 12.4. The third kappa shape index (κ3) is 2.41.